The first kappa shape index (κ1) is 17.3. The molecule has 1 heterocycles. The number of amides is 1. The van der Waals surface area contributed by atoms with Crippen molar-refractivity contribution in [3.63, 3.8) is 0 Å². The van der Waals surface area contributed by atoms with Crippen LogP contribution in [0.4, 0.5) is 10.1 Å². The van der Waals surface area contributed by atoms with Crippen LogP contribution in [0, 0.1) is 10.6 Å². The largest absolute Gasteiger partial charge is 0.326 e. The van der Waals surface area contributed by atoms with Crippen LogP contribution in [0.1, 0.15) is 11.4 Å². The summed E-state index contributed by atoms with van der Waals surface area (Å²) < 4.78 is 15.4. The molecule has 2 aromatic carbocycles. The van der Waals surface area contributed by atoms with E-state index in [1.54, 1.807) is 4.57 Å². The monoisotopic (exact) mass is 376 g/mol. The molecule has 0 aliphatic heterocycles. The molecule has 8 heteroatoms. The molecule has 0 radical (unpaired) electrons. The molecule has 0 aliphatic rings. The lowest BCUT2D eigenvalue weighted by Crippen LogP contribution is -2.18. The Morgan fingerprint density at radius 2 is 2.04 bits per heavy atom. The van der Waals surface area contributed by atoms with Gasteiger partial charge in [0.2, 0.25) is 5.91 Å². The van der Waals surface area contributed by atoms with Gasteiger partial charge in [-0.1, -0.05) is 41.9 Å². The van der Waals surface area contributed by atoms with Gasteiger partial charge >= 0.3 is 0 Å². The van der Waals surface area contributed by atoms with E-state index < -0.39 is 5.82 Å². The van der Waals surface area contributed by atoms with Crippen molar-refractivity contribution in [1.29, 1.82) is 0 Å². The molecule has 128 valence electrons. The van der Waals surface area contributed by atoms with Crippen LogP contribution >= 0.6 is 23.8 Å². The highest BCUT2D eigenvalue weighted by atomic mass is 35.5. The van der Waals surface area contributed by atoms with Crippen molar-refractivity contribution in [2.24, 2.45) is 0 Å². The van der Waals surface area contributed by atoms with Crippen LogP contribution < -0.4 is 5.32 Å². The Hall–Kier alpha value is -2.51. The van der Waals surface area contributed by atoms with Crippen LogP contribution in [0.5, 0.6) is 0 Å². The fourth-order valence-electron chi connectivity index (χ4n) is 2.34. The topological polar surface area (TPSA) is 62.7 Å². The van der Waals surface area contributed by atoms with Crippen molar-refractivity contribution >= 4 is 35.4 Å². The third-order valence-electron chi connectivity index (χ3n) is 3.54. The number of H-pyrrole nitrogens is 1. The molecular formula is C17H14ClFN4OS. The number of hydrogen-bond donors (Lipinski definition) is 2. The number of carbonyl (C=O) groups is 1. The molecule has 0 unspecified atom stereocenters. The first-order valence-corrected chi connectivity index (χ1v) is 8.24. The molecule has 1 amide bonds. The van der Waals surface area contributed by atoms with Gasteiger partial charge in [0.25, 0.3) is 0 Å². The van der Waals surface area contributed by atoms with Crippen LogP contribution in [-0.4, -0.2) is 20.7 Å². The van der Waals surface area contributed by atoms with Crippen molar-refractivity contribution in [3.05, 3.63) is 75.5 Å². The first-order chi connectivity index (χ1) is 12.0. The van der Waals surface area contributed by atoms with E-state index in [9.17, 15) is 9.18 Å². The molecular weight excluding hydrogens is 363 g/mol. The molecule has 1 aromatic heterocycles. The number of hydrogen-bond acceptors (Lipinski definition) is 3. The average molecular weight is 377 g/mol. The second-order valence-corrected chi connectivity index (χ2v) is 6.16. The number of aromatic nitrogens is 3. The summed E-state index contributed by atoms with van der Waals surface area (Å²) in [6, 6.07) is 13.7. The zero-order chi connectivity index (χ0) is 17.8. The number of nitrogens with one attached hydrogen (secondary N) is 2. The van der Waals surface area contributed by atoms with Gasteiger partial charge in [-0.15, -0.1) is 0 Å². The van der Waals surface area contributed by atoms with Gasteiger partial charge in [-0.3, -0.25) is 14.5 Å². The lowest BCUT2D eigenvalue weighted by atomic mass is 10.2. The summed E-state index contributed by atoms with van der Waals surface area (Å²) >= 11 is 11.0. The number of aromatic amines is 1. The van der Waals surface area contributed by atoms with Crippen molar-refractivity contribution in [3.8, 4) is 0 Å². The minimum absolute atomic E-state index is 0.0228. The van der Waals surface area contributed by atoms with E-state index in [0.717, 1.165) is 5.56 Å². The van der Waals surface area contributed by atoms with Gasteiger partial charge in [0.1, 0.15) is 11.6 Å². The molecule has 5 nitrogen and oxygen atoms in total. The van der Waals surface area contributed by atoms with E-state index >= 15 is 0 Å². The van der Waals surface area contributed by atoms with E-state index in [0.29, 0.717) is 22.8 Å². The number of anilines is 1. The van der Waals surface area contributed by atoms with Gasteiger partial charge in [-0.25, -0.2) is 4.39 Å². The lowest BCUT2D eigenvalue weighted by Gasteiger charge is -2.08. The molecule has 0 fully saturated rings. The Morgan fingerprint density at radius 3 is 2.76 bits per heavy atom. The smallest absolute Gasteiger partial charge is 0.232 e. The number of nitrogens with zero attached hydrogens (tertiary/aromatic N) is 2. The maximum atomic E-state index is 13.2. The summed E-state index contributed by atoms with van der Waals surface area (Å²) in [6.45, 7) is 0.515. The highest BCUT2D eigenvalue weighted by Crippen LogP contribution is 2.19. The Kier molecular flexibility index (Phi) is 5.25. The maximum Gasteiger partial charge on any atom is 0.232 e. The number of carbonyl (C=O) groups excluding carboxylic acids is 1. The van der Waals surface area contributed by atoms with Gasteiger partial charge in [0.05, 0.1) is 18.0 Å². The fraction of sp³-hybridized carbons (Fsp3) is 0.118. The molecule has 3 rings (SSSR count). The number of benzene rings is 2. The van der Waals surface area contributed by atoms with Crippen molar-refractivity contribution in [2.45, 2.75) is 13.0 Å². The predicted octanol–water partition coefficient (Wildman–Crippen LogP) is 3.96. The van der Waals surface area contributed by atoms with Gasteiger partial charge in [0.15, 0.2) is 4.77 Å². The molecule has 25 heavy (non-hydrogen) atoms. The van der Waals surface area contributed by atoms with E-state index in [-0.39, 0.29) is 17.4 Å². The van der Waals surface area contributed by atoms with Gasteiger partial charge in [-0.2, -0.15) is 5.10 Å². The third kappa shape index (κ3) is 4.32. The Bertz CT molecular complexity index is 955. The Morgan fingerprint density at radius 1 is 1.28 bits per heavy atom. The second-order valence-electron chi connectivity index (χ2n) is 5.37. The minimum Gasteiger partial charge on any atom is -0.326 e. The molecule has 0 saturated heterocycles. The van der Waals surface area contributed by atoms with E-state index in [1.807, 2.05) is 30.3 Å². The first-order valence-electron chi connectivity index (χ1n) is 7.46. The molecule has 2 N–H and O–H groups in total. The molecule has 0 atom stereocenters. The summed E-state index contributed by atoms with van der Waals surface area (Å²) in [5, 5.41) is 9.45. The summed E-state index contributed by atoms with van der Waals surface area (Å²) in [5.74, 6) is -0.325. The van der Waals surface area contributed by atoms with Crippen molar-refractivity contribution in [2.75, 3.05) is 5.32 Å². The summed E-state index contributed by atoms with van der Waals surface area (Å²) in [5.41, 5.74) is 1.46. The van der Waals surface area contributed by atoms with E-state index in [2.05, 4.69) is 15.5 Å². The van der Waals surface area contributed by atoms with Crippen LogP contribution in [0.3, 0.4) is 0 Å². The SMILES string of the molecule is O=C(Cc1n[nH]c(=S)n1Cc1ccccc1)Nc1ccc(F)c(Cl)c1. The Balaban J connectivity index is 1.73. The fourth-order valence-corrected chi connectivity index (χ4v) is 2.73. The highest BCUT2D eigenvalue weighted by molar-refractivity contribution is 7.71. The minimum atomic E-state index is -0.539. The summed E-state index contributed by atoms with van der Waals surface area (Å²) in [6.07, 6.45) is 0.0228. The molecule has 0 aliphatic carbocycles. The van der Waals surface area contributed by atoms with Crippen LogP contribution in [0.2, 0.25) is 5.02 Å². The van der Waals surface area contributed by atoms with Crippen LogP contribution in [0.25, 0.3) is 0 Å². The quantitative estimate of drug-likeness (QED) is 0.662. The Labute approximate surface area is 153 Å². The van der Waals surface area contributed by atoms with E-state index in [4.69, 9.17) is 23.8 Å². The van der Waals surface area contributed by atoms with Crippen molar-refractivity contribution in [1.82, 2.24) is 14.8 Å². The normalized spacial score (nSPS) is 10.6. The van der Waals surface area contributed by atoms with Gasteiger partial charge in [0, 0.05) is 5.69 Å². The van der Waals surface area contributed by atoms with Crippen LogP contribution in [-0.2, 0) is 17.8 Å². The summed E-state index contributed by atoms with van der Waals surface area (Å²) in [4.78, 5) is 12.2. The zero-order valence-electron chi connectivity index (χ0n) is 13.0. The highest BCUT2D eigenvalue weighted by Gasteiger charge is 2.12. The third-order valence-corrected chi connectivity index (χ3v) is 4.14. The maximum absolute atomic E-state index is 13.2. The van der Waals surface area contributed by atoms with E-state index in [1.165, 1.54) is 18.2 Å². The number of rotatable bonds is 5. The average Bonchev–Trinajstić information content (AvgIpc) is 2.92. The lowest BCUT2D eigenvalue weighted by molar-refractivity contribution is -0.115. The van der Waals surface area contributed by atoms with Gasteiger partial charge in [-0.05, 0) is 36.0 Å². The molecule has 0 spiro atoms. The standard InChI is InChI=1S/C17H14ClFN4OS/c18-13-8-12(6-7-14(13)19)20-16(24)9-15-21-22-17(25)23(15)10-11-4-2-1-3-5-11/h1-8H,9-10H2,(H,20,24)(H,22,25). The summed E-state index contributed by atoms with van der Waals surface area (Å²) in [7, 11) is 0. The van der Waals surface area contributed by atoms with Crippen molar-refractivity contribution < 1.29 is 9.18 Å². The molecule has 0 saturated carbocycles. The molecule has 3 aromatic rings. The van der Waals surface area contributed by atoms with Gasteiger partial charge < -0.3 is 5.32 Å². The second kappa shape index (κ2) is 7.58. The predicted molar refractivity (Wildman–Crippen MR) is 96.7 cm³/mol. The zero-order valence-corrected chi connectivity index (χ0v) is 14.6. The number of halogens is 2. The van der Waals surface area contributed by atoms with Crippen LogP contribution in [0.15, 0.2) is 48.5 Å². The molecule has 0 bridgehead atoms.